The van der Waals surface area contributed by atoms with Gasteiger partial charge in [0, 0.05) is 0 Å². The third-order valence-electron chi connectivity index (χ3n) is 6.48. The van der Waals surface area contributed by atoms with E-state index >= 15 is 0 Å². The first-order valence-corrected chi connectivity index (χ1v) is 15.1. The van der Waals surface area contributed by atoms with E-state index < -0.39 is 23.2 Å². The van der Waals surface area contributed by atoms with Crippen LogP contribution in [0.25, 0.3) is 12.2 Å². The zero-order valence-corrected chi connectivity index (χ0v) is 23.1. The minimum absolute atomic E-state index is 0. The molecule has 0 bridgehead atoms. The van der Waals surface area contributed by atoms with E-state index in [1.807, 2.05) is 5.31 Å². The van der Waals surface area contributed by atoms with E-state index in [4.69, 9.17) is 0 Å². The molecule has 2 aromatic rings. The van der Waals surface area contributed by atoms with Crippen molar-refractivity contribution in [3.05, 3.63) is 82.2 Å². The van der Waals surface area contributed by atoms with Gasteiger partial charge in [-0.25, -0.2) is 0 Å². The Morgan fingerprint density at radius 2 is 1.40 bits per heavy atom. The number of halogens is 2. The van der Waals surface area contributed by atoms with Gasteiger partial charge in [-0.3, -0.25) is 0 Å². The van der Waals surface area contributed by atoms with Crippen LogP contribution < -0.4 is 24.8 Å². The number of hydrogen-bond acceptors (Lipinski definition) is 0. The molecule has 0 fully saturated rings. The molecule has 0 heterocycles. The minimum atomic E-state index is -0.714. The molecule has 4 heteroatoms. The number of benzene rings is 2. The first kappa shape index (κ1) is 26.1. The Morgan fingerprint density at radius 3 is 2.03 bits per heavy atom. The summed E-state index contributed by atoms with van der Waals surface area (Å²) in [5.74, 6) is 0. The Bertz CT molecular complexity index is 897. The second kappa shape index (κ2) is 11.6. The van der Waals surface area contributed by atoms with Gasteiger partial charge in [-0.15, -0.1) is 0 Å². The van der Waals surface area contributed by atoms with E-state index in [2.05, 4.69) is 94.5 Å². The summed E-state index contributed by atoms with van der Waals surface area (Å²) in [5, 5.41) is 1.84. The predicted octanol–water partition coefficient (Wildman–Crippen LogP) is 2.02. The van der Waals surface area contributed by atoms with Gasteiger partial charge in [0.25, 0.3) is 0 Å². The van der Waals surface area contributed by atoms with Crippen molar-refractivity contribution in [3.63, 3.8) is 0 Å². The summed E-state index contributed by atoms with van der Waals surface area (Å²) in [7, 11) is -0.0781. The summed E-state index contributed by atoms with van der Waals surface area (Å²) in [4.78, 5) is 0. The van der Waals surface area contributed by atoms with Crippen molar-refractivity contribution >= 4 is 20.1 Å². The molecule has 4 unspecified atom stereocenters. The van der Waals surface area contributed by atoms with Crippen molar-refractivity contribution < 1.29 is 48.0 Å². The largest absolute Gasteiger partial charge is 1.00 e. The van der Waals surface area contributed by atoms with Crippen molar-refractivity contribution in [2.75, 3.05) is 0 Å². The third kappa shape index (κ3) is 5.07. The van der Waals surface area contributed by atoms with Gasteiger partial charge in [0.15, 0.2) is 0 Å². The fourth-order valence-corrected chi connectivity index (χ4v) is 13.7. The van der Waals surface area contributed by atoms with Crippen LogP contribution >= 0.6 is 7.92 Å². The van der Waals surface area contributed by atoms with Crippen LogP contribution in [0.3, 0.4) is 0 Å². The Kier molecular flexibility index (Phi) is 10.1. The van der Waals surface area contributed by atoms with E-state index in [1.165, 1.54) is 24.0 Å². The smallest absolute Gasteiger partial charge is 1.00 e. The normalized spacial score (nSPS) is 21.3. The maximum absolute atomic E-state index is 2.62. The fourth-order valence-electron chi connectivity index (χ4n) is 4.62. The minimum Gasteiger partial charge on any atom is -1.00 e. The fraction of sp³-hybridized carbons (Fsp3) is 0.385. The summed E-state index contributed by atoms with van der Waals surface area (Å²) in [6.45, 7) is 9.79. The van der Waals surface area contributed by atoms with Crippen LogP contribution in [0, 0.1) is 0 Å². The number of hydrogen-bond donors (Lipinski definition) is 0. The van der Waals surface area contributed by atoms with Crippen LogP contribution in [0.4, 0.5) is 0 Å². The molecule has 4 rings (SSSR count). The van der Waals surface area contributed by atoms with Gasteiger partial charge in [0.05, 0.1) is 0 Å². The van der Waals surface area contributed by atoms with Crippen molar-refractivity contribution in [2.45, 2.75) is 59.1 Å². The van der Waals surface area contributed by atoms with Gasteiger partial charge < -0.3 is 24.8 Å². The van der Waals surface area contributed by atoms with E-state index in [0.29, 0.717) is 3.63 Å². The van der Waals surface area contributed by atoms with Gasteiger partial charge in [-0.1, -0.05) is 0 Å². The quantitative estimate of drug-likeness (QED) is 0.476. The maximum atomic E-state index is 2.62. The molecule has 4 atom stereocenters. The van der Waals surface area contributed by atoms with E-state index in [0.717, 1.165) is 14.9 Å². The Balaban J connectivity index is 0.00000160. The first-order chi connectivity index (χ1) is 13.6. The molecule has 0 nitrogen and oxygen atoms in total. The average molecular weight is 537 g/mol. The van der Waals surface area contributed by atoms with E-state index in [9.17, 15) is 0 Å². The predicted molar refractivity (Wildman–Crippen MR) is 122 cm³/mol. The van der Waals surface area contributed by atoms with Gasteiger partial charge in [0.2, 0.25) is 0 Å². The molecule has 2 aliphatic carbocycles. The molecular weight excluding hydrogens is 505 g/mol. The molecule has 30 heavy (non-hydrogen) atoms. The third-order valence-corrected chi connectivity index (χ3v) is 15.2. The topological polar surface area (TPSA) is 0 Å². The molecule has 158 valence electrons. The average Bonchev–Trinajstić information content (AvgIpc) is 3.30. The van der Waals surface area contributed by atoms with Crippen molar-refractivity contribution in [1.29, 1.82) is 0 Å². The van der Waals surface area contributed by atoms with Crippen LogP contribution in [0.15, 0.2) is 59.9 Å². The van der Waals surface area contributed by atoms with Crippen LogP contribution in [0.5, 0.6) is 0 Å². The standard InChI is InChI=1S/C17H24P.C9H7.2ClH.Zr/c1-5-13(3)18(14(4)6-2)17-11-15-9-7-8-10-16(15)12-17;1-2-5-9-7-3-6-8(9)4-1;;;/h7-14H,5-6H2,1-4H3;1-7H;2*1H;/q;;;;+2/p-2. The van der Waals surface area contributed by atoms with Gasteiger partial charge in [-0.2, -0.15) is 0 Å². The molecular formula is C26H31Cl2PZr. The monoisotopic (exact) mass is 534 g/mol. The van der Waals surface area contributed by atoms with Crippen LogP contribution in [0.2, 0.25) is 0 Å². The molecule has 2 aromatic carbocycles. The summed E-state index contributed by atoms with van der Waals surface area (Å²) >= 11 is -0.714. The molecule has 0 saturated carbocycles. The molecule has 0 N–H and O–H groups in total. The maximum Gasteiger partial charge on any atom is -1.00 e. The van der Waals surface area contributed by atoms with E-state index in [-0.39, 0.29) is 32.7 Å². The van der Waals surface area contributed by atoms with Gasteiger partial charge >= 0.3 is 185 Å². The Hall–Kier alpha value is -0.187. The van der Waals surface area contributed by atoms with E-state index in [1.54, 1.807) is 11.1 Å². The first-order valence-electron chi connectivity index (χ1n) is 10.8. The number of allylic oxidation sites excluding steroid dienone is 2. The number of rotatable bonds is 7. The summed E-state index contributed by atoms with van der Waals surface area (Å²) in [5.41, 5.74) is 7.84. The summed E-state index contributed by atoms with van der Waals surface area (Å²) < 4.78 is 1.46. The molecule has 0 aliphatic heterocycles. The molecule has 0 spiro atoms. The zero-order chi connectivity index (χ0) is 19.7. The molecule has 0 saturated heterocycles. The zero-order valence-electron chi connectivity index (χ0n) is 18.3. The summed E-state index contributed by atoms with van der Waals surface area (Å²) in [6, 6.07) is 18.3. The van der Waals surface area contributed by atoms with Gasteiger partial charge in [-0.05, 0) is 0 Å². The van der Waals surface area contributed by atoms with Gasteiger partial charge in [0.1, 0.15) is 0 Å². The van der Waals surface area contributed by atoms with Crippen molar-refractivity contribution in [1.82, 2.24) is 0 Å². The molecule has 0 radical (unpaired) electrons. The van der Waals surface area contributed by atoms with Crippen LogP contribution in [-0.2, 0) is 23.2 Å². The summed E-state index contributed by atoms with van der Waals surface area (Å²) in [6.07, 6.45) is 10.1. The van der Waals surface area contributed by atoms with Crippen molar-refractivity contribution in [2.24, 2.45) is 0 Å². The van der Waals surface area contributed by atoms with Crippen LogP contribution in [-0.4, -0.2) is 11.3 Å². The number of fused-ring (bicyclic) bond motifs is 2. The second-order valence-corrected chi connectivity index (χ2v) is 15.0. The van der Waals surface area contributed by atoms with Crippen molar-refractivity contribution in [3.8, 4) is 0 Å². The van der Waals surface area contributed by atoms with Crippen LogP contribution in [0.1, 0.15) is 70.0 Å². The Labute approximate surface area is 208 Å². The molecule has 0 aromatic heterocycles. The molecule has 2 aliphatic rings. The molecule has 0 amide bonds. The SMILES string of the molecule is CCC(C)P(C1=Cc2ccccc2[CH]1[Zr+2][CH]1C=Cc2ccccc21)C(C)CC.[Cl-].[Cl-]. The second-order valence-electron chi connectivity index (χ2n) is 8.19. The Morgan fingerprint density at radius 1 is 0.833 bits per heavy atom.